The van der Waals surface area contributed by atoms with Gasteiger partial charge < -0.3 is 0 Å². The predicted molar refractivity (Wildman–Crippen MR) is 65.8 cm³/mol. The topological polar surface area (TPSA) is 74.7 Å². The first-order chi connectivity index (χ1) is 8.40. The average Bonchev–Trinajstić information content (AvgIpc) is 2.62. The highest BCUT2D eigenvalue weighted by Crippen LogP contribution is 2.09. The summed E-state index contributed by atoms with van der Waals surface area (Å²) in [5.74, 6) is 0. The number of nitrogens with zero attached hydrogens (tertiary/aromatic N) is 5. The van der Waals surface area contributed by atoms with E-state index in [2.05, 4.69) is 10.2 Å². The zero-order chi connectivity index (χ0) is 13.4. The van der Waals surface area contributed by atoms with Gasteiger partial charge in [0, 0.05) is 20.2 Å². The van der Waals surface area contributed by atoms with Crippen LogP contribution >= 0.6 is 11.6 Å². The van der Waals surface area contributed by atoms with Gasteiger partial charge in [0.1, 0.15) is 10.8 Å². The summed E-state index contributed by atoms with van der Waals surface area (Å²) >= 11 is 5.86. The van der Waals surface area contributed by atoms with Gasteiger partial charge in [-0.05, 0) is 6.92 Å². The Kier molecular flexibility index (Phi) is 3.08. The fourth-order valence-corrected chi connectivity index (χ4v) is 1.81. The fraction of sp³-hybridized carbons (Fsp3) is 0.400. The molecule has 0 saturated carbocycles. The van der Waals surface area contributed by atoms with Gasteiger partial charge in [-0.25, -0.2) is 9.48 Å². The molecule has 96 valence electrons. The lowest BCUT2D eigenvalue weighted by Crippen LogP contribution is -2.42. The van der Waals surface area contributed by atoms with E-state index in [0.717, 1.165) is 9.25 Å². The zero-order valence-corrected chi connectivity index (χ0v) is 11.0. The molecule has 0 unspecified atom stereocenters. The lowest BCUT2D eigenvalue weighted by atomic mass is 10.4. The van der Waals surface area contributed by atoms with E-state index in [1.54, 1.807) is 20.0 Å². The fourth-order valence-electron chi connectivity index (χ4n) is 1.65. The molecule has 0 spiro atoms. The minimum absolute atomic E-state index is 0.0788. The minimum Gasteiger partial charge on any atom is -0.267 e. The normalized spacial score (nSPS) is 10.9. The minimum atomic E-state index is -0.479. The van der Waals surface area contributed by atoms with Crippen LogP contribution in [0.3, 0.4) is 0 Å². The second-order valence-corrected chi connectivity index (χ2v) is 4.35. The van der Waals surface area contributed by atoms with Gasteiger partial charge in [0.15, 0.2) is 0 Å². The maximum atomic E-state index is 11.9. The van der Waals surface area contributed by atoms with Crippen molar-refractivity contribution in [3.05, 3.63) is 43.4 Å². The SMILES string of the molecule is Cc1nn(C)c(=O)n(Cc2cc(Cl)n(C)n2)c1=O. The van der Waals surface area contributed by atoms with Crippen molar-refractivity contribution in [1.82, 2.24) is 24.1 Å². The molecule has 0 N–H and O–H groups in total. The monoisotopic (exact) mass is 269 g/mol. The first-order valence-electron chi connectivity index (χ1n) is 5.23. The Balaban J connectivity index is 2.53. The average molecular weight is 270 g/mol. The maximum absolute atomic E-state index is 11.9. The largest absolute Gasteiger partial charge is 0.347 e. The van der Waals surface area contributed by atoms with Gasteiger partial charge in [0.25, 0.3) is 5.56 Å². The number of hydrogen-bond acceptors (Lipinski definition) is 4. The smallest absolute Gasteiger partial charge is 0.267 e. The lowest BCUT2D eigenvalue weighted by molar-refractivity contribution is 0.555. The Morgan fingerprint density at radius 1 is 1.22 bits per heavy atom. The van der Waals surface area contributed by atoms with Crippen LogP contribution in [0.15, 0.2) is 15.7 Å². The van der Waals surface area contributed by atoms with Crippen LogP contribution in [0, 0.1) is 6.92 Å². The van der Waals surface area contributed by atoms with Crippen LogP contribution in [0.2, 0.25) is 5.15 Å². The third kappa shape index (κ3) is 2.08. The van der Waals surface area contributed by atoms with Gasteiger partial charge in [-0.3, -0.25) is 14.0 Å². The maximum Gasteiger partial charge on any atom is 0.347 e. The van der Waals surface area contributed by atoms with Crippen LogP contribution in [0.25, 0.3) is 0 Å². The van der Waals surface area contributed by atoms with Crippen molar-refractivity contribution in [1.29, 1.82) is 0 Å². The highest BCUT2D eigenvalue weighted by molar-refractivity contribution is 6.29. The molecule has 0 fully saturated rings. The third-order valence-corrected chi connectivity index (χ3v) is 2.91. The second kappa shape index (κ2) is 4.41. The van der Waals surface area contributed by atoms with Crippen molar-refractivity contribution < 1.29 is 0 Å². The molecule has 0 aliphatic rings. The lowest BCUT2D eigenvalue weighted by Gasteiger charge is -2.05. The summed E-state index contributed by atoms with van der Waals surface area (Å²) in [5.41, 5.74) is -0.0846. The van der Waals surface area contributed by atoms with Crippen LogP contribution in [-0.4, -0.2) is 24.1 Å². The summed E-state index contributed by atoms with van der Waals surface area (Å²) in [6.07, 6.45) is 0. The van der Waals surface area contributed by atoms with E-state index in [1.807, 2.05) is 0 Å². The van der Waals surface area contributed by atoms with Crippen LogP contribution in [0.1, 0.15) is 11.4 Å². The Morgan fingerprint density at radius 2 is 1.89 bits per heavy atom. The Bertz CT molecular complexity index is 658. The van der Waals surface area contributed by atoms with Gasteiger partial charge in [-0.1, -0.05) is 11.6 Å². The van der Waals surface area contributed by atoms with E-state index >= 15 is 0 Å². The van der Waals surface area contributed by atoms with Crippen molar-refractivity contribution >= 4 is 11.6 Å². The van der Waals surface area contributed by atoms with E-state index in [4.69, 9.17) is 11.6 Å². The first-order valence-corrected chi connectivity index (χ1v) is 5.61. The highest BCUT2D eigenvalue weighted by Gasteiger charge is 2.11. The molecule has 0 bridgehead atoms. The number of aryl methyl sites for hydroxylation is 3. The van der Waals surface area contributed by atoms with E-state index in [-0.39, 0.29) is 12.2 Å². The van der Waals surface area contributed by atoms with Gasteiger partial charge in [0.2, 0.25) is 0 Å². The Labute approximate surface area is 107 Å². The molecular weight excluding hydrogens is 258 g/mol. The highest BCUT2D eigenvalue weighted by atomic mass is 35.5. The molecule has 0 aromatic carbocycles. The molecule has 2 heterocycles. The summed E-state index contributed by atoms with van der Waals surface area (Å²) < 4.78 is 3.68. The molecule has 7 nitrogen and oxygen atoms in total. The molecular formula is C10H12ClN5O2. The van der Waals surface area contributed by atoms with Crippen molar-refractivity contribution in [2.45, 2.75) is 13.5 Å². The third-order valence-electron chi connectivity index (χ3n) is 2.56. The zero-order valence-electron chi connectivity index (χ0n) is 10.2. The molecule has 0 aliphatic heterocycles. The van der Waals surface area contributed by atoms with Crippen LogP contribution in [-0.2, 0) is 20.6 Å². The Hall–Kier alpha value is -1.89. The number of rotatable bonds is 2. The number of hydrogen-bond donors (Lipinski definition) is 0. The number of halogens is 1. The van der Waals surface area contributed by atoms with Crippen LogP contribution in [0.4, 0.5) is 0 Å². The molecule has 0 saturated heterocycles. The van der Waals surface area contributed by atoms with E-state index < -0.39 is 11.2 Å². The van der Waals surface area contributed by atoms with E-state index in [0.29, 0.717) is 10.8 Å². The summed E-state index contributed by atoms with van der Waals surface area (Å²) in [6.45, 7) is 1.64. The van der Waals surface area contributed by atoms with Gasteiger partial charge in [0.05, 0.1) is 12.2 Å². The molecule has 18 heavy (non-hydrogen) atoms. The van der Waals surface area contributed by atoms with Crippen molar-refractivity contribution in [2.24, 2.45) is 14.1 Å². The van der Waals surface area contributed by atoms with Gasteiger partial charge >= 0.3 is 5.69 Å². The van der Waals surface area contributed by atoms with Gasteiger partial charge in [-0.15, -0.1) is 0 Å². The van der Waals surface area contributed by atoms with Crippen molar-refractivity contribution in [2.75, 3.05) is 0 Å². The molecule has 2 aromatic rings. The molecule has 2 rings (SSSR count). The number of aromatic nitrogens is 5. The molecule has 0 atom stereocenters. The summed E-state index contributed by atoms with van der Waals surface area (Å²) in [6, 6.07) is 1.61. The first kappa shape index (κ1) is 12.6. The molecule has 0 aliphatic carbocycles. The summed E-state index contributed by atoms with van der Waals surface area (Å²) in [5, 5.41) is 8.37. The van der Waals surface area contributed by atoms with Crippen molar-refractivity contribution in [3.8, 4) is 0 Å². The predicted octanol–water partition coefficient (Wildman–Crippen LogP) is -0.314. The molecule has 2 aromatic heterocycles. The van der Waals surface area contributed by atoms with Crippen molar-refractivity contribution in [3.63, 3.8) is 0 Å². The molecule has 0 amide bonds. The standard InChI is InChI=1S/C10H12ClN5O2/c1-6-9(17)16(10(18)15(3)12-6)5-7-4-8(11)14(2)13-7/h4H,5H2,1-3H3. The Morgan fingerprint density at radius 3 is 2.44 bits per heavy atom. The summed E-state index contributed by atoms with van der Waals surface area (Å²) in [7, 11) is 3.18. The second-order valence-electron chi connectivity index (χ2n) is 3.96. The van der Waals surface area contributed by atoms with E-state index in [9.17, 15) is 9.59 Å². The molecule has 8 heteroatoms. The quantitative estimate of drug-likeness (QED) is 0.749. The molecule has 0 radical (unpaired) electrons. The van der Waals surface area contributed by atoms with Crippen LogP contribution in [0.5, 0.6) is 0 Å². The summed E-state index contributed by atoms with van der Waals surface area (Å²) in [4.78, 5) is 23.7. The van der Waals surface area contributed by atoms with E-state index in [1.165, 1.54) is 11.7 Å². The van der Waals surface area contributed by atoms with Crippen LogP contribution < -0.4 is 11.2 Å². The van der Waals surface area contributed by atoms with Gasteiger partial charge in [-0.2, -0.15) is 10.2 Å².